The number of methoxy groups -OCH3 is 2. The number of fused-ring (bicyclic) bond motifs is 1. The summed E-state index contributed by atoms with van der Waals surface area (Å²) in [6.07, 6.45) is 0. The normalized spacial score (nSPS) is 16.2. The molecule has 0 bridgehead atoms. The Morgan fingerprint density at radius 3 is 2.62 bits per heavy atom. The summed E-state index contributed by atoms with van der Waals surface area (Å²) >= 11 is 6.45. The number of benzene rings is 1. The van der Waals surface area contributed by atoms with Gasteiger partial charge in [-0.3, -0.25) is 5.10 Å². The van der Waals surface area contributed by atoms with Crippen molar-refractivity contribution in [2.45, 2.75) is 12.8 Å². The summed E-state index contributed by atoms with van der Waals surface area (Å²) in [5, 5.41) is 16.9. The quantitative estimate of drug-likeness (QED) is 0.884. The highest BCUT2D eigenvalue weighted by atomic mass is 35.5. The molecule has 0 saturated carbocycles. The lowest BCUT2D eigenvalue weighted by molar-refractivity contribution is 0.354. The van der Waals surface area contributed by atoms with Crippen LogP contribution in [-0.2, 0) is 0 Å². The molecule has 0 amide bonds. The van der Waals surface area contributed by atoms with Crippen molar-refractivity contribution in [2.24, 2.45) is 5.73 Å². The Morgan fingerprint density at radius 2 is 2.00 bits per heavy atom. The first-order valence-electron chi connectivity index (χ1n) is 7.05. The zero-order valence-electron chi connectivity index (χ0n) is 13.3. The van der Waals surface area contributed by atoms with Crippen LogP contribution in [0.15, 0.2) is 23.6 Å². The molecule has 2 aromatic rings. The highest BCUT2D eigenvalue weighted by Crippen LogP contribution is 2.47. The predicted molar refractivity (Wildman–Crippen MR) is 87.2 cm³/mol. The Balaban J connectivity index is 2.28. The molecular formula is C16H15ClN4O3. The minimum atomic E-state index is -0.509. The Hall–Kier alpha value is -2.85. The molecule has 2 heterocycles. The third-order valence-electron chi connectivity index (χ3n) is 3.94. The summed E-state index contributed by atoms with van der Waals surface area (Å²) in [7, 11) is 3.06. The fourth-order valence-corrected chi connectivity index (χ4v) is 3.06. The van der Waals surface area contributed by atoms with Crippen LogP contribution >= 0.6 is 11.6 Å². The van der Waals surface area contributed by atoms with Gasteiger partial charge in [-0.1, -0.05) is 11.6 Å². The largest absolute Gasteiger partial charge is 0.493 e. The van der Waals surface area contributed by atoms with E-state index in [9.17, 15) is 5.26 Å². The molecule has 124 valence electrons. The molecule has 24 heavy (non-hydrogen) atoms. The molecular weight excluding hydrogens is 332 g/mol. The minimum absolute atomic E-state index is 0.00681. The first kappa shape index (κ1) is 16.0. The van der Waals surface area contributed by atoms with E-state index in [-0.39, 0.29) is 11.5 Å². The Kier molecular flexibility index (Phi) is 3.99. The third-order valence-corrected chi connectivity index (χ3v) is 4.27. The number of aryl methyl sites for hydroxylation is 1. The van der Waals surface area contributed by atoms with Gasteiger partial charge < -0.3 is 19.9 Å². The van der Waals surface area contributed by atoms with E-state index in [0.29, 0.717) is 28.0 Å². The second-order valence-corrected chi connectivity index (χ2v) is 5.63. The van der Waals surface area contributed by atoms with Crippen molar-refractivity contribution in [2.75, 3.05) is 14.2 Å². The number of H-pyrrole nitrogens is 1. The number of ether oxygens (including phenoxy) is 3. The molecule has 7 nitrogen and oxygen atoms in total. The number of halogens is 1. The van der Waals surface area contributed by atoms with E-state index >= 15 is 0 Å². The zero-order valence-corrected chi connectivity index (χ0v) is 14.1. The summed E-state index contributed by atoms with van der Waals surface area (Å²) in [4.78, 5) is 0. The number of hydrogen-bond acceptors (Lipinski definition) is 6. The van der Waals surface area contributed by atoms with E-state index in [2.05, 4.69) is 16.3 Å². The van der Waals surface area contributed by atoms with Crippen LogP contribution in [-0.4, -0.2) is 24.4 Å². The van der Waals surface area contributed by atoms with Crippen molar-refractivity contribution in [3.63, 3.8) is 0 Å². The Bertz CT molecular complexity index is 882. The van der Waals surface area contributed by atoms with Crippen molar-refractivity contribution >= 4 is 11.6 Å². The molecule has 3 N–H and O–H groups in total. The molecule has 1 aliphatic rings. The molecule has 1 aromatic heterocycles. The van der Waals surface area contributed by atoms with Crippen LogP contribution in [0.5, 0.6) is 17.4 Å². The van der Waals surface area contributed by atoms with Crippen LogP contribution in [0.3, 0.4) is 0 Å². The smallest absolute Gasteiger partial charge is 0.244 e. The maximum Gasteiger partial charge on any atom is 0.244 e. The number of hydrogen-bond donors (Lipinski definition) is 2. The van der Waals surface area contributed by atoms with Crippen LogP contribution in [0.2, 0.25) is 5.02 Å². The molecule has 0 saturated heterocycles. The fraction of sp³-hybridized carbons (Fsp3) is 0.250. The molecule has 1 unspecified atom stereocenters. The lowest BCUT2D eigenvalue weighted by Crippen LogP contribution is -2.21. The van der Waals surface area contributed by atoms with E-state index in [0.717, 1.165) is 11.3 Å². The SMILES string of the molecule is COc1cc(Cl)c(C2C(C#N)=C(N)Oc3n[nH]c(C)c32)cc1OC. The summed E-state index contributed by atoms with van der Waals surface area (Å²) in [6.45, 7) is 1.84. The Morgan fingerprint density at radius 1 is 1.33 bits per heavy atom. The van der Waals surface area contributed by atoms with Crippen molar-refractivity contribution in [1.82, 2.24) is 10.2 Å². The van der Waals surface area contributed by atoms with Gasteiger partial charge in [-0.05, 0) is 18.6 Å². The van der Waals surface area contributed by atoms with Gasteiger partial charge in [0.1, 0.15) is 11.6 Å². The molecule has 8 heteroatoms. The average Bonchev–Trinajstić information content (AvgIpc) is 2.94. The number of aromatic amines is 1. The first-order valence-corrected chi connectivity index (χ1v) is 7.43. The van der Waals surface area contributed by atoms with Gasteiger partial charge in [-0.25, -0.2) is 0 Å². The van der Waals surface area contributed by atoms with Crippen molar-refractivity contribution in [1.29, 1.82) is 5.26 Å². The molecule has 0 aliphatic carbocycles. The lowest BCUT2D eigenvalue weighted by Gasteiger charge is -2.25. The van der Waals surface area contributed by atoms with E-state index in [4.69, 9.17) is 31.5 Å². The molecule has 0 radical (unpaired) electrons. The average molecular weight is 347 g/mol. The molecule has 1 aromatic carbocycles. The van der Waals surface area contributed by atoms with Crippen LogP contribution in [0, 0.1) is 18.3 Å². The van der Waals surface area contributed by atoms with Gasteiger partial charge in [-0.15, -0.1) is 5.10 Å². The summed E-state index contributed by atoms with van der Waals surface area (Å²) in [5.41, 5.74) is 8.30. The maximum absolute atomic E-state index is 9.57. The maximum atomic E-state index is 9.57. The van der Waals surface area contributed by atoms with Crippen LogP contribution < -0.4 is 19.9 Å². The summed E-state index contributed by atoms with van der Waals surface area (Å²) in [5.74, 6) is 0.830. The van der Waals surface area contributed by atoms with Crippen LogP contribution in [0.4, 0.5) is 0 Å². The number of allylic oxidation sites excluding steroid dienone is 1. The van der Waals surface area contributed by atoms with E-state index in [1.807, 2.05) is 6.92 Å². The predicted octanol–water partition coefficient (Wildman–Crippen LogP) is 2.61. The highest BCUT2D eigenvalue weighted by Gasteiger charge is 2.36. The summed E-state index contributed by atoms with van der Waals surface area (Å²) < 4.78 is 16.0. The minimum Gasteiger partial charge on any atom is -0.493 e. The van der Waals surface area contributed by atoms with Gasteiger partial charge in [0.05, 0.1) is 20.1 Å². The molecule has 1 atom stereocenters. The van der Waals surface area contributed by atoms with Crippen molar-refractivity contribution < 1.29 is 14.2 Å². The van der Waals surface area contributed by atoms with Gasteiger partial charge >= 0.3 is 0 Å². The van der Waals surface area contributed by atoms with E-state index in [1.54, 1.807) is 12.1 Å². The van der Waals surface area contributed by atoms with Gasteiger partial charge in [0.2, 0.25) is 11.8 Å². The third kappa shape index (κ3) is 2.32. The number of nitrogens with zero attached hydrogens (tertiary/aromatic N) is 2. The van der Waals surface area contributed by atoms with Gasteiger partial charge in [0.25, 0.3) is 0 Å². The van der Waals surface area contributed by atoms with E-state index < -0.39 is 5.92 Å². The van der Waals surface area contributed by atoms with Crippen molar-refractivity contribution in [3.05, 3.63) is 45.4 Å². The van der Waals surface area contributed by atoms with E-state index in [1.165, 1.54) is 14.2 Å². The van der Waals surface area contributed by atoms with Gasteiger partial charge in [0.15, 0.2) is 11.5 Å². The van der Waals surface area contributed by atoms with Crippen LogP contribution in [0.25, 0.3) is 0 Å². The lowest BCUT2D eigenvalue weighted by atomic mass is 9.84. The highest BCUT2D eigenvalue weighted by molar-refractivity contribution is 6.31. The second-order valence-electron chi connectivity index (χ2n) is 5.22. The number of rotatable bonds is 3. The monoisotopic (exact) mass is 346 g/mol. The molecule has 0 fully saturated rings. The van der Waals surface area contributed by atoms with Crippen LogP contribution in [0.1, 0.15) is 22.7 Å². The second kappa shape index (κ2) is 5.98. The standard InChI is InChI=1S/C16H15ClN4O3/c1-7-13-14(9(6-18)15(19)24-16(13)21-20-7)8-4-11(22-2)12(23-3)5-10(8)17/h4-5,14H,19H2,1-3H3,(H,20,21). The molecule has 3 rings (SSSR count). The zero-order chi connectivity index (χ0) is 17.4. The molecule has 0 spiro atoms. The number of nitrogens with one attached hydrogen (secondary N) is 1. The fourth-order valence-electron chi connectivity index (χ4n) is 2.80. The van der Waals surface area contributed by atoms with Crippen molar-refractivity contribution in [3.8, 4) is 23.4 Å². The molecule has 1 aliphatic heterocycles. The first-order chi connectivity index (χ1) is 11.5. The number of nitrogens with two attached hydrogens (primary N) is 1. The summed E-state index contributed by atoms with van der Waals surface area (Å²) in [6, 6.07) is 5.49. The number of aromatic nitrogens is 2. The Labute approximate surface area is 143 Å². The van der Waals surface area contributed by atoms with Gasteiger partial charge in [-0.2, -0.15) is 5.26 Å². The number of nitriles is 1. The topological polar surface area (TPSA) is 106 Å². The van der Waals surface area contributed by atoms with Gasteiger partial charge in [0, 0.05) is 22.3 Å².